The number of anilines is 1. The molecule has 1 fully saturated rings. The van der Waals surface area contributed by atoms with Gasteiger partial charge in [0.05, 0.1) is 30.0 Å². The fourth-order valence-electron chi connectivity index (χ4n) is 4.91. The number of aliphatic hydroxyl groups is 1. The van der Waals surface area contributed by atoms with E-state index < -0.39 is 6.10 Å². The standard InChI is InChI=1S/C27H35N9O3/c1-17-26(18(2)39-33-17)24-14-25(34-9-11-35(12-10-34)36-19(3)31-32-20(36)4)30-27(29-24)21-7-6-8-23(13-21)38-16-22(37)15-28-5/h6-8,13-14,22,28,37H,9-12,15-16H2,1-5H3. The number of aliphatic hydroxyl groups excluding tert-OH is 1. The van der Waals surface area contributed by atoms with Gasteiger partial charge in [-0.05, 0) is 46.9 Å². The van der Waals surface area contributed by atoms with E-state index in [4.69, 9.17) is 19.2 Å². The molecule has 1 aliphatic rings. The first-order valence-corrected chi connectivity index (χ1v) is 13.1. The summed E-state index contributed by atoms with van der Waals surface area (Å²) in [5, 5.41) is 27.8. The Hall–Kier alpha value is -4.03. The number of rotatable bonds is 9. The molecule has 1 saturated heterocycles. The molecular weight excluding hydrogens is 498 g/mol. The zero-order valence-corrected chi connectivity index (χ0v) is 23.0. The van der Waals surface area contributed by atoms with Crippen molar-refractivity contribution in [2.45, 2.75) is 33.8 Å². The molecule has 12 nitrogen and oxygen atoms in total. The van der Waals surface area contributed by atoms with Crippen LogP contribution in [0.5, 0.6) is 5.75 Å². The van der Waals surface area contributed by atoms with Crippen LogP contribution in [0.1, 0.15) is 23.1 Å². The van der Waals surface area contributed by atoms with Crippen molar-refractivity contribution in [1.82, 2.24) is 35.3 Å². The number of hydrogen-bond acceptors (Lipinski definition) is 11. The van der Waals surface area contributed by atoms with E-state index in [1.165, 1.54) is 0 Å². The molecular formula is C27H35N9O3. The van der Waals surface area contributed by atoms with Crippen LogP contribution in [0.3, 0.4) is 0 Å². The third-order valence-electron chi connectivity index (χ3n) is 6.79. The Labute approximate surface area is 227 Å². The first kappa shape index (κ1) is 26.6. The molecule has 1 atom stereocenters. The monoisotopic (exact) mass is 533 g/mol. The molecule has 0 radical (unpaired) electrons. The van der Waals surface area contributed by atoms with Crippen molar-refractivity contribution in [1.29, 1.82) is 0 Å². The van der Waals surface area contributed by atoms with Crippen molar-refractivity contribution in [3.8, 4) is 28.4 Å². The van der Waals surface area contributed by atoms with Crippen LogP contribution in [0.2, 0.25) is 0 Å². The van der Waals surface area contributed by atoms with Gasteiger partial charge in [-0.3, -0.25) is 0 Å². The highest BCUT2D eigenvalue weighted by Gasteiger charge is 2.24. The van der Waals surface area contributed by atoms with Crippen molar-refractivity contribution < 1.29 is 14.4 Å². The molecule has 12 heteroatoms. The van der Waals surface area contributed by atoms with Crippen LogP contribution in [0.15, 0.2) is 34.9 Å². The second kappa shape index (κ2) is 11.4. The van der Waals surface area contributed by atoms with Gasteiger partial charge in [0.2, 0.25) is 0 Å². The number of likely N-dealkylation sites (N-methyl/N-ethyl adjacent to an activating group) is 1. The molecule has 1 aliphatic heterocycles. The number of nitrogens with one attached hydrogen (secondary N) is 1. The van der Waals surface area contributed by atoms with E-state index in [1.807, 2.05) is 58.0 Å². The van der Waals surface area contributed by atoms with Gasteiger partial charge in [0.1, 0.15) is 41.7 Å². The summed E-state index contributed by atoms with van der Waals surface area (Å²) in [4.78, 5) is 12.2. The van der Waals surface area contributed by atoms with Gasteiger partial charge in [-0.25, -0.2) is 14.6 Å². The van der Waals surface area contributed by atoms with E-state index in [0.29, 0.717) is 23.9 Å². The average molecular weight is 534 g/mol. The van der Waals surface area contributed by atoms with Crippen molar-refractivity contribution in [2.24, 2.45) is 0 Å². The molecule has 0 amide bonds. The summed E-state index contributed by atoms with van der Waals surface area (Å²) < 4.78 is 13.4. The molecule has 4 aromatic rings. The lowest BCUT2D eigenvalue weighted by Crippen LogP contribution is -2.52. The van der Waals surface area contributed by atoms with Gasteiger partial charge in [0.25, 0.3) is 0 Å². The summed E-state index contributed by atoms with van der Waals surface area (Å²) in [6, 6.07) is 9.64. The Morgan fingerprint density at radius 3 is 2.44 bits per heavy atom. The number of aromatic nitrogens is 6. The van der Waals surface area contributed by atoms with Crippen LogP contribution in [-0.4, -0.2) is 87.6 Å². The molecule has 1 aromatic carbocycles. The summed E-state index contributed by atoms with van der Waals surface area (Å²) in [5.41, 5.74) is 3.23. The third-order valence-corrected chi connectivity index (χ3v) is 6.79. The predicted molar refractivity (Wildman–Crippen MR) is 148 cm³/mol. The smallest absolute Gasteiger partial charge is 0.162 e. The number of aryl methyl sites for hydroxylation is 4. The van der Waals surface area contributed by atoms with Crippen LogP contribution in [0, 0.1) is 27.7 Å². The van der Waals surface area contributed by atoms with Crippen molar-refractivity contribution in [3.05, 3.63) is 53.4 Å². The minimum Gasteiger partial charge on any atom is -0.491 e. The molecule has 39 heavy (non-hydrogen) atoms. The lowest BCUT2D eigenvalue weighted by molar-refractivity contribution is 0.108. The van der Waals surface area contributed by atoms with E-state index >= 15 is 0 Å². The van der Waals surface area contributed by atoms with E-state index in [2.05, 4.69) is 35.3 Å². The van der Waals surface area contributed by atoms with Crippen molar-refractivity contribution >= 4 is 5.82 Å². The first-order valence-electron chi connectivity index (χ1n) is 13.1. The van der Waals surface area contributed by atoms with Gasteiger partial charge < -0.3 is 29.6 Å². The Kier molecular flexibility index (Phi) is 7.75. The van der Waals surface area contributed by atoms with E-state index in [0.717, 1.165) is 66.2 Å². The average Bonchev–Trinajstić information content (AvgIpc) is 3.46. The number of hydrogen-bond donors (Lipinski definition) is 2. The van der Waals surface area contributed by atoms with Gasteiger partial charge in [0.15, 0.2) is 5.82 Å². The molecule has 2 N–H and O–H groups in total. The first-order chi connectivity index (χ1) is 18.8. The highest BCUT2D eigenvalue weighted by molar-refractivity contribution is 5.71. The topological polar surface area (TPSA) is 130 Å². The Bertz CT molecular complexity index is 1390. The molecule has 3 aromatic heterocycles. The van der Waals surface area contributed by atoms with Crippen LogP contribution in [0.25, 0.3) is 22.6 Å². The van der Waals surface area contributed by atoms with Crippen LogP contribution < -0.4 is 20.0 Å². The van der Waals surface area contributed by atoms with Crippen LogP contribution >= 0.6 is 0 Å². The van der Waals surface area contributed by atoms with E-state index in [1.54, 1.807) is 7.05 Å². The summed E-state index contributed by atoms with van der Waals surface area (Å²) in [7, 11) is 1.79. The molecule has 0 saturated carbocycles. The maximum absolute atomic E-state index is 10.0. The number of nitrogens with zero attached hydrogens (tertiary/aromatic N) is 8. The highest BCUT2D eigenvalue weighted by Crippen LogP contribution is 2.31. The summed E-state index contributed by atoms with van der Waals surface area (Å²) in [6.45, 7) is 11.6. The Morgan fingerprint density at radius 2 is 1.77 bits per heavy atom. The SMILES string of the molecule is CNCC(O)COc1cccc(-c2nc(-c3c(C)noc3C)cc(N3CCN(n4c(C)nnc4C)CC3)n2)c1. The molecule has 0 aliphatic carbocycles. The summed E-state index contributed by atoms with van der Waals surface area (Å²) in [5.74, 6) is 4.53. The second-order valence-electron chi connectivity index (χ2n) is 9.73. The summed E-state index contributed by atoms with van der Waals surface area (Å²) >= 11 is 0. The lowest BCUT2D eigenvalue weighted by atomic mass is 10.1. The predicted octanol–water partition coefficient (Wildman–Crippen LogP) is 2.04. The fraction of sp³-hybridized carbons (Fsp3) is 0.444. The zero-order valence-electron chi connectivity index (χ0n) is 23.0. The van der Waals surface area contributed by atoms with Crippen LogP contribution in [-0.2, 0) is 0 Å². The van der Waals surface area contributed by atoms with Gasteiger partial charge in [-0.1, -0.05) is 17.3 Å². The maximum atomic E-state index is 10.0. The number of benzene rings is 1. The van der Waals surface area contributed by atoms with E-state index in [-0.39, 0.29) is 6.61 Å². The largest absolute Gasteiger partial charge is 0.491 e. The maximum Gasteiger partial charge on any atom is 0.162 e. The van der Waals surface area contributed by atoms with Gasteiger partial charge in [-0.2, -0.15) is 0 Å². The highest BCUT2D eigenvalue weighted by atomic mass is 16.5. The van der Waals surface area contributed by atoms with E-state index in [9.17, 15) is 5.11 Å². The minimum atomic E-state index is -0.603. The second-order valence-corrected chi connectivity index (χ2v) is 9.73. The molecule has 0 spiro atoms. The molecule has 4 heterocycles. The molecule has 1 unspecified atom stereocenters. The fourth-order valence-corrected chi connectivity index (χ4v) is 4.91. The van der Waals surface area contributed by atoms with Gasteiger partial charge in [0, 0.05) is 31.3 Å². The molecule has 5 rings (SSSR count). The quantitative estimate of drug-likeness (QED) is 0.328. The van der Waals surface area contributed by atoms with Crippen LogP contribution in [0.4, 0.5) is 5.82 Å². The molecule has 206 valence electrons. The number of piperazine rings is 1. The number of ether oxygens (including phenoxy) is 1. The van der Waals surface area contributed by atoms with Crippen molar-refractivity contribution in [3.63, 3.8) is 0 Å². The summed E-state index contributed by atoms with van der Waals surface area (Å²) in [6.07, 6.45) is -0.603. The Morgan fingerprint density at radius 1 is 1.03 bits per heavy atom. The van der Waals surface area contributed by atoms with Crippen molar-refractivity contribution in [2.75, 3.05) is 56.3 Å². The zero-order chi connectivity index (χ0) is 27.5. The minimum absolute atomic E-state index is 0.186. The molecule has 0 bridgehead atoms. The van der Waals surface area contributed by atoms with Gasteiger partial charge >= 0.3 is 0 Å². The third kappa shape index (κ3) is 5.71. The normalized spacial score (nSPS) is 14.6. The van der Waals surface area contributed by atoms with Gasteiger partial charge in [-0.15, -0.1) is 10.2 Å². The Balaban J connectivity index is 1.45. The lowest BCUT2D eigenvalue weighted by Gasteiger charge is -2.37.